The number of hydrogen-bond acceptors (Lipinski definition) is 2. The van der Waals surface area contributed by atoms with Gasteiger partial charge in [-0.25, -0.2) is 4.90 Å². The third kappa shape index (κ3) is 1.00. The molecule has 2 rings (SSSR count). The minimum Gasteiger partial charge on any atom is -0.268 e. The molecule has 0 bridgehead atoms. The van der Waals surface area contributed by atoms with Crippen LogP contribution >= 0.6 is 0 Å². The highest BCUT2D eigenvalue weighted by atomic mass is 16.2. The summed E-state index contributed by atoms with van der Waals surface area (Å²) < 4.78 is 0. The lowest BCUT2D eigenvalue weighted by Gasteiger charge is -2.03. The first-order chi connectivity index (χ1) is 6.75. The first kappa shape index (κ1) is 8.48. The molecule has 1 aliphatic heterocycles. The molecule has 14 heavy (non-hydrogen) atoms. The highest BCUT2D eigenvalue weighted by molar-refractivity contribution is 6.21. The van der Waals surface area contributed by atoms with E-state index in [1.54, 1.807) is 24.3 Å². The summed E-state index contributed by atoms with van der Waals surface area (Å²) in [5.74, 6) is -0.636. The van der Waals surface area contributed by atoms with E-state index in [0.717, 1.165) is 4.90 Å². The quantitative estimate of drug-likeness (QED) is 0.492. The maximum Gasteiger partial charge on any atom is 0.266 e. The average molecular weight is 185 g/mol. The van der Waals surface area contributed by atoms with E-state index in [-0.39, 0.29) is 11.8 Å². The molecule has 0 fully saturated rings. The van der Waals surface area contributed by atoms with Crippen LogP contribution in [-0.4, -0.2) is 16.7 Å². The van der Waals surface area contributed by atoms with Crippen molar-refractivity contribution in [2.75, 3.05) is 0 Å². The molecular weight excluding hydrogens is 178 g/mol. The topological polar surface area (TPSA) is 37.4 Å². The normalized spacial score (nSPS) is 13.9. The molecule has 0 aromatic heterocycles. The molecule has 3 heteroatoms. The molecule has 0 radical (unpaired) electrons. The van der Waals surface area contributed by atoms with Crippen LogP contribution in [0.5, 0.6) is 0 Å². The molecule has 3 nitrogen and oxygen atoms in total. The number of carbonyl (C=O) groups is 2. The second-order valence-corrected chi connectivity index (χ2v) is 2.86. The Balaban J connectivity index is 2.59. The zero-order valence-corrected chi connectivity index (χ0v) is 7.36. The van der Waals surface area contributed by atoms with Crippen LogP contribution < -0.4 is 0 Å². The third-order valence-corrected chi connectivity index (χ3v) is 2.05. The number of rotatable bonds is 1. The fourth-order valence-corrected chi connectivity index (χ4v) is 1.42. The van der Waals surface area contributed by atoms with Gasteiger partial charge in [0.25, 0.3) is 11.8 Å². The van der Waals surface area contributed by atoms with E-state index in [2.05, 4.69) is 12.3 Å². The summed E-state index contributed by atoms with van der Waals surface area (Å²) in [7, 11) is 0. The number of benzene rings is 1. The Kier molecular flexibility index (Phi) is 1.80. The second kappa shape index (κ2) is 2.98. The number of amides is 2. The standard InChI is InChI=1S/C11H7NO2/c1-2-7-12-10(13)8-5-3-4-6-9(8)11(12)14/h3-7H,1H2. The summed E-state index contributed by atoms with van der Waals surface area (Å²) >= 11 is 0. The molecular formula is C11H7NO2. The molecule has 0 unspecified atom stereocenters. The van der Waals surface area contributed by atoms with E-state index in [1.165, 1.54) is 6.20 Å². The van der Waals surface area contributed by atoms with Gasteiger partial charge < -0.3 is 0 Å². The van der Waals surface area contributed by atoms with E-state index in [1.807, 2.05) is 0 Å². The maximum absolute atomic E-state index is 11.6. The van der Waals surface area contributed by atoms with Crippen molar-refractivity contribution in [3.63, 3.8) is 0 Å². The molecule has 0 spiro atoms. The van der Waals surface area contributed by atoms with Crippen molar-refractivity contribution >= 4 is 11.8 Å². The van der Waals surface area contributed by atoms with E-state index >= 15 is 0 Å². The van der Waals surface area contributed by atoms with Gasteiger partial charge in [-0.15, -0.1) is 5.73 Å². The fourth-order valence-electron chi connectivity index (χ4n) is 1.42. The van der Waals surface area contributed by atoms with Crippen molar-refractivity contribution in [2.24, 2.45) is 0 Å². The summed E-state index contributed by atoms with van der Waals surface area (Å²) in [4.78, 5) is 24.2. The van der Waals surface area contributed by atoms with Gasteiger partial charge >= 0.3 is 0 Å². The molecule has 1 aromatic rings. The molecule has 1 heterocycles. The summed E-state index contributed by atoms with van der Waals surface area (Å²) in [5, 5.41) is 0. The molecule has 0 N–H and O–H groups in total. The largest absolute Gasteiger partial charge is 0.268 e. The molecule has 0 atom stereocenters. The van der Waals surface area contributed by atoms with Crippen LogP contribution in [0.25, 0.3) is 0 Å². The van der Waals surface area contributed by atoms with Gasteiger partial charge in [0, 0.05) is 0 Å². The maximum atomic E-state index is 11.6. The number of carbonyl (C=O) groups excluding carboxylic acids is 2. The zero-order valence-electron chi connectivity index (χ0n) is 7.36. The minimum atomic E-state index is -0.318. The van der Waals surface area contributed by atoms with E-state index < -0.39 is 0 Å². The predicted molar refractivity (Wildman–Crippen MR) is 50.7 cm³/mol. The lowest BCUT2D eigenvalue weighted by molar-refractivity contribution is 0.0722. The lowest BCUT2D eigenvalue weighted by atomic mass is 10.1. The Morgan fingerprint density at radius 2 is 1.64 bits per heavy atom. The van der Waals surface area contributed by atoms with Crippen LogP contribution in [0, 0.1) is 0 Å². The molecule has 1 aliphatic rings. The average Bonchev–Trinajstić information content (AvgIpc) is 2.45. The van der Waals surface area contributed by atoms with Crippen LogP contribution in [0.1, 0.15) is 20.7 Å². The van der Waals surface area contributed by atoms with Gasteiger partial charge in [-0.2, -0.15) is 0 Å². The Labute approximate surface area is 81.0 Å². The summed E-state index contributed by atoms with van der Waals surface area (Å²) in [6, 6.07) is 6.72. The number of hydrogen-bond donors (Lipinski definition) is 0. The van der Waals surface area contributed by atoms with Crippen molar-refractivity contribution in [3.8, 4) is 0 Å². The van der Waals surface area contributed by atoms with E-state index in [9.17, 15) is 9.59 Å². The van der Waals surface area contributed by atoms with E-state index in [0.29, 0.717) is 11.1 Å². The van der Waals surface area contributed by atoms with Crippen LogP contribution in [0.3, 0.4) is 0 Å². The van der Waals surface area contributed by atoms with Gasteiger partial charge in [-0.3, -0.25) is 9.59 Å². The summed E-state index contributed by atoms with van der Waals surface area (Å²) in [6.45, 7) is 3.33. The van der Waals surface area contributed by atoms with Gasteiger partial charge in [0.05, 0.1) is 17.3 Å². The molecule has 0 saturated carbocycles. The molecule has 68 valence electrons. The summed E-state index contributed by atoms with van der Waals surface area (Å²) in [6.07, 6.45) is 1.25. The van der Waals surface area contributed by atoms with Gasteiger partial charge in [0.2, 0.25) is 0 Å². The lowest BCUT2D eigenvalue weighted by Crippen LogP contribution is -2.23. The Morgan fingerprint density at radius 3 is 2.07 bits per heavy atom. The first-order valence-corrected chi connectivity index (χ1v) is 4.08. The second-order valence-electron chi connectivity index (χ2n) is 2.86. The molecule has 0 aliphatic carbocycles. The molecule has 2 amide bonds. The number of fused-ring (bicyclic) bond motifs is 1. The fraction of sp³-hybridized carbons (Fsp3) is 0. The highest BCUT2D eigenvalue weighted by Gasteiger charge is 2.33. The van der Waals surface area contributed by atoms with Crippen molar-refractivity contribution in [2.45, 2.75) is 0 Å². The van der Waals surface area contributed by atoms with Gasteiger partial charge in [0.15, 0.2) is 0 Å². The molecule has 1 aromatic carbocycles. The smallest absolute Gasteiger partial charge is 0.266 e. The van der Waals surface area contributed by atoms with Gasteiger partial charge in [-0.1, -0.05) is 18.7 Å². The number of imide groups is 1. The highest BCUT2D eigenvalue weighted by Crippen LogP contribution is 2.22. The van der Waals surface area contributed by atoms with Crippen LogP contribution in [0.15, 0.2) is 42.8 Å². The Morgan fingerprint density at radius 1 is 1.14 bits per heavy atom. The Hall–Kier alpha value is -2.12. The van der Waals surface area contributed by atoms with Gasteiger partial charge in [-0.05, 0) is 12.1 Å². The van der Waals surface area contributed by atoms with Crippen LogP contribution in [0.4, 0.5) is 0 Å². The van der Waals surface area contributed by atoms with E-state index in [4.69, 9.17) is 0 Å². The van der Waals surface area contributed by atoms with Crippen LogP contribution in [-0.2, 0) is 0 Å². The zero-order chi connectivity index (χ0) is 10.1. The third-order valence-electron chi connectivity index (χ3n) is 2.05. The number of nitrogens with zero attached hydrogens (tertiary/aromatic N) is 1. The molecule has 0 saturated heterocycles. The van der Waals surface area contributed by atoms with Gasteiger partial charge in [0.1, 0.15) is 0 Å². The summed E-state index contributed by atoms with van der Waals surface area (Å²) in [5.41, 5.74) is 3.28. The minimum absolute atomic E-state index is 0.318. The van der Waals surface area contributed by atoms with Crippen LogP contribution in [0.2, 0.25) is 0 Å². The first-order valence-electron chi connectivity index (χ1n) is 4.08. The SMILES string of the molecule is C=C=CN1C(=O)c2ccccc2C1=O. The van der Waals surface area contributed by atoms with Crippen molar-refractivity contribution in [3.05, 3.63) is 53.9 Å². The van der Waals surface area contributed by atoms with Crippen molar-refractivity contribution in [1.82, 2.24) is 4.90 Å². The monoisotopic (exact) mass is 185 g/mol. The predicted octanol–water partition coefficient (Wildman–Crippen LogP) is 1.58. The Bertz CT molecular complexity index is 435. The van der Waals surface area contributed by atoms with Crippen molar-refractivity contribution < 1.29 is 9.59 Å². The van der Waals surface area contributed by atoms with Crippen molar-refractivity contribution in [1.29, 1.82) is 0 Å².